The molecular formula is C13H18BrN3O. The fourth-order valence-electron chi connectivity index (χ4n) is 2.20. The lowest BCUT2D eigenvalue weighted by molar-refractivity contribution is 0.0896. The molecule has 0 spiro atoms. The van der Waals surface area contributed by atoms with E-state index in [1.54, 1.807) is 18.3 Å². The van der Waals surface area contributed by atoms with E-state index in [-0.39, 0.29) is 11.9 Å². The van der Waals surface area contributed by atoms with Crippen LogP contribution in [-0.4, -0.2) is 41.5 Å². The zero-order chi connectivity index (χ0) is 13.1. The number of pyridine rings is 1. The maximum Gasteiger partial charge on any atom is 0.253 e. The lowest BCUT2D eigenvalue weighted by Crippen LogP contribution is -2.47. The third-order valence-electron chi connectivity index (χ3n) is 3.53. The lowest BCUT2D eigenvalue weighted by Gasteiger charge is -2.35. The molecule has 0 radical (unpaired) electrons. The van der Waals surface area contributed by atoms with Gasteiger partial charge in [-0.1, -0.05) is 0 Å². The van der Waals surface area contributed by atoms with Crippen LogP contribution in [0.1, 0.15) is 30.1 Å². The molecule has 98 valence electrons. The third-order valence-corrected chi connectivity index (χ3v) is 4.00. The number of carbonyl (C=O) groups excluding carboxylic acids is 1. The van der Waals surface area contributed by atoms with Crippen molar-refractivity contribution in [1.29, 1.82) is 0 Å². The zero-order valence-corrected chi connectivity index (χ0v) is 12.3. The molecular weight excluding hydrogens is 294 g/mol. The summed E-state index contributed by atoms with van der Waals surface area (Å²) in [5.74, 6) is -0.0308. The maximum absolute atomic E-state index is 12.0. The number of hydrogen-bond acceptors (Lipinski definition) is 3. The summed E-state index contributed by atoms with van der Waals surface area (Å²) < 4.78 is 0.743. The molecule has 4 nitrogen and oxygen atoms in total. The Morgan fingerprint density at radius 2 is 2.33 bits per heavy atom. The summed E-state index contributed by atoms with van der Waals surface area (Å²) in [6.07, 6.45) is 3.61. The van der Waals surface area contributed by atoms with E-state index in [9.17, 15) is 4.79 Å². The van der Waals surface area contributed by atoms with Gasteiger partial charge in [0.2, 0.25) is 0 Å². The number of halogens is 1. The van der Waals surface area contributed by atoms with E-state index in [2.05, 4.69) is 45.1 Å². The van der Waals surface area contributed by atoms with E-state index >= 15 is 0 Å². The highest BCUT2D eigenvalue weighted by atomic mass is 79.9. The summed E-state index contributed by atoms with van der Waals surface area (Å²) in [7, 11) is 2.13. The topological polar surface area (TPSA) is 45.2 Å². The summed E-state index contributed by atoms with van der Waals surface area (Å²) >= 11 is 3.26. The number of hydrogen-bond donors (Lipinski definition) is 1. The van der Waals surface area contributed by atoms with Gasteiger partial charge in [-0.15, -0.1) is 0 Å². The van der Waals surface area contributed by atoms with Gasteiger partial charge >= 0.3 is 0 Å². The van der Waals surface area contributed by atoms with Crippen LogP contribution in [0.3, 0.4) is 0 Å². The van der Waals surface area contributed by atoms with Gasteiger partial charge in [0.1, 0.15) is 4.60 Å². The fourth-order valence-corrected chi connectivity index (χ4v) is 2.43. The predicted molar refractivity (Wildman–Crippen MR) is 74.5 cm³/mol. The smallest absolute Gasteiger partial charge is 0.253 e. The third kappa shape index (κ3) is 3.29. The van der Waals surface area contributed by atoms with E-state index in [0.29, 0.717) is 11.6 Å². The van der Waals surface area contributed by atoms with Crippen LogP contribution in [0, 0.1) is 0 Å². The molecule has 0 bridgehead atoms. The highest BCUT2D eigenvalue weighted by Gasteiger charge is 2.24. The first-order chi connectivity index (χ1) is 8.56. The highest BCUT2D eigenvalue weighted by Crippen LogP contribution is 2.16. The van der Waals surface area contributed by atoms with Crippen LogP contribution >= 0.6 is 15.9 Å². The van der Waals surface area contributed by atoms with Crippen LogP contribution in [-0.2, 0) is 0 Å². The SMILES string of the molecule is CC1CC(NC(=O)c2ccc(Br)nc2)CCN1C. The van der Waals surface area contributed by atoms with Gasteiger partial charge in [0, 0.05) is 24.8 Å². The van der Waals surface area contributed by atoms with Gasteiger partial charge in [-0.05, 0) is 54.9 Å². The number of carbonyl (C=O) groups is 1. The fraction of sp³-hybridized carbons (Fsp3) is 0.538. The summed E-state index contributed by atoms with van der Waals surface area (Å²) in [6, 6.07) is 4.36. The van der Waals surface area contributed by atoms with Gasteiger partial charge in [-0.2, -0.15) is 0 Å². The van der Waals surface area contributed by atoms with Crippen molar-refractivity contribution in [2.45, 2.75) is 31.8 Å². The van der Waals surface area contributed by atoms with Crippen molar-refractivity contribution in [3.05, 3.63) is 28.5 Å². The molecule has 1 aliphatic heterocycles. The van der Waals surface area contributed by atoms with Gasteiger partial charge in [-0.3, -0.25) is 4.79 Å². The van der Waals surface area contributed by atoms with Crippen molar-refractivity contribution in [2.75, 3.05) is 13.6 Å². The normalized spacial score (nSPS) is 24.8. The van der Waals surface area contributed by atoms with Crippen LogP contribution in [0.15, 0.2) is 22.9 Å². The summed E-state index contributed by atoms with van der Waals surface area (Å²) in [5.41, 5.74) is 0.616. The Kier molecular flexibility index (Phi) is 4.35. The lowest BCUT2D eigenvalue weighted by atomic mass is 9.98. The molecule has 1 aromatic heterocycles. The standard InChI is InChI=1S/C13H18BrN3O/c1-9-7-11(5-6-17(9)2)16-13(18)10-3-4-12(14)15-8-10/h3-4,8-9,11H,5-7H2,1-2H3,(H,16,18). The van der Waals surface area contributed by atoms with Crippen molar-refractivity contribution >= 4 is 21.8 Å². The molecule has 0 aromatic carbocycles. The largest absolute Gasteiger partial charge is 0.349 e. The van der Waals surface area contributed by atoms with Crippen LogP contribution in [0.5, 0.6) is 0 Å². The second kappa shape index (κ2) is 5.80. The molecule has 1 saturated heterocycles. The number of piperidine rings is 1. The highest BCUT2D eigenvalue weighted by molar-refractivity contribution is 9.10. The number of rotatable bonds is 2. The molecule has 2 unspecified atom stereocenters. The summed E-state index contributed by atoms with van der Waals surface area (Å²) in [4.78, 5) is 18.4. The molecule has 0 saturated carbocycles. The van der Waals surface area contributed by atoms with Crippen LogP contribution in [0.4, 0.5) is 0 Å². The average Bonchev–Trinajstić information content (AvgIpc) is 2.34. The average molecular weight is 312 g/mol. The van der Waals surface area contributed by atoms with Gasteiger partial charge in [0.05, 0.1) is 5.56 Å². The number of nitrogens with zero attached hydrogens (tertiary/aromatic N) is 2. The number of amides is 1. The van der Waals surface area contributed by atoms with E-state index < -0.39 is 0 Å². The molecule has 0 aliphatic carbocycles. The molecule has 1 aromatic rings. The Labute approximate surface area is 116 Å². The van der Waals surface area contributed by atoms with E-state index in [1.165, 1.54) is 0 Å². The van der Waals surface area contributed by atoms with Crippen LogP contribution in [0.2, 0.25) is 0 Å². The van der Waals surface area contributed by atoms with E-state index in [0.717, 1.165) is 24.0 Å². The Morgan fingerprint density at radius 3 is 2.94 bits per heavy atom. The van der Waals surface area contributed by atoms with E-state index in [4.69, 9.17) is 0 Å². The van der Waals surface area contributed by atoms with Crippen LogP contribution < -0.4 is 5.32 Å². The van der Waals surface area contributed by atoms with Gasteiger partial charge in [0.25, 0.3) is 5.91 Å². The summed E-state index contributed by atoms with van der Waals surface area (Å²) in [6.45, 7) is 3.23. The first kappa shape index (κ1) is 13.5. The van der Waals surface area contributed by atoms with Crippen molar-refractivity contribution in [1.82, 2.24) is 15.2 Å². The predicted octanol–water partition coefficient (Wildman–Crippen LogP) is 2.06. The zero-order valence-electron chi connectivity index (χ0n) is 10.7. The van der Waals surface area contributed by atoms with E-state index in [1.807, 2.05) is 0 Å². The molecule has 1 fully saturated rings. The molecule has 1 amide bonds. The molecule has 2 heterocycles. The molecule has 1 N–H and O–H groups in total. The Bertz CT molecular complexity index is 421. The molecule has 1 aliphatic rings. The second-order valence-corrected chi connectivity index (χ2v) is 5.71. The first-order valence-electron chi connectivity index (χ1n) is 6.19. The molecule has 5 heteroatoms. The Hall–Kier alpha value is -0.940. The number of aromatic nitrogens is 1. The molecule has 2 atom stereocenters. The maximum atomic E-state index is 12.0. The summed E-state index contributed by atoms with van der Waals surface area (Å²) in [5, 5.41) is 3.08. The van der Waals surface area contributed by atoms with Crippen molar-refractivity contribution in [3.8, 4) is 0 Å². The minimum atomic E-state index is -0.0308. The first-order valence-corrected chi connectivity index (χ1v) is 6.98. The molecule has 18 heavy (non-hydrogen) atoms. The number of nitrogens with one attached hydrogen (secondary N) is 1. The monoisotopic (exact) mass is 311 g/mol. The van der Waals surface area contributed by atoms with Gasteiger partial charge in [-0.25, -0.2) is 4.98 Å². The molecule has 2 rings (SSSR count). The Balaban J connectivity index is 1.93. The minimum absolute atomic E-state index is 0.0308. The van der Waals surface area contributed by atoms with Crippen LogP contribution in [0.25, 0.3) is 0 Å². The Morgan fingerprint density at radius 1 is 1.56 bits per heavy atom. The van der Waals surface area contributed by atoms with Crippen molar-refractivity contribution in [3.63, 3.8) is 0 Å². The number of likely N-dealkylation sites (tertiary alicyclic amines) is 1. The van der Waals surface area contributed by atoms with Crippen molar-refractivity contribution < 1.29 is 4.79 Å². The van der Waals surface area contributed by atoms with Gasteiger partial charge < -0.3 is 10.2 Å². The van der Waals surface area contributed by atoms with Crippen molar-refractivity contribution in [2.24, 2.45) is 0 Å². The van der Waals surface area contributed by atoms with Gasteiger partial charge in [0.15, 0.2) is 0 Å². The quantitative estimate of drug-likeness (QED) is 0.850. The minimum Gasteiger partial charge on any atom is -0.349 e. The second-order valence-electron chi connectivity index (χ2n) is 4.89.